The molecule has 0 aliphatic carbocycles. The molecule has 0 unspecified atom stereocenters. The van der Waals surface area contributed by atoms with Gasteiger partial charge in [0.1, 0.15) is 11.5 Å². The maximum absolute atomic E-state index is 5.25. The fourth-order valence-electron chi connectivity index (χ4n) is 2.96. The number of rotatable bonds is 3. The van der Waals surface area contributed by atoms with Crippen LogP contribution in [0.2, 0.25) is 0 Å². The van der Waals surface area contributed by atoms with Gasteiger partial charge in [-0.3, -0.25) is 9.88 Å². The van der Waals surface area contributed by atoms with Crippen molar-refractivity contribution in [1.29, 1.82) is 0 Å². The predicted molar refractivity (Wildman–Crippen MR) is 77.2 cm³/mol. The van der Waals surface area contributed by atoms with Crippen LogP contribution in [0.15, 0.2) is 29.0 Å². The van der Waals surface area contributed by atoms with E-state index in [1.54, 1.807) is 0 Å². The Bertz CT molecular complexity index is 579. The van der Waals surface area contributed by atoms with Crippen LogP contribution in [0, 0.1) is 13.8 Å². The zero-order valence-corrected chi connectivity index (χ0v) is 12.2. The lowest BCUT2D eigenvalue weighted by molar-refractivity contribution is 0.133. The molecule has 2 aromatic rings. The highest BCUT2D eigenvalue weighted by atomic mass is 16.5. The van der Waals surface area contributed by atoms with Gasteiger partial charge in [-0.05, 0) is 50.4 Å². The van der Waals surface area contributed by atoms with Crippen LogP contribution in [0.25, 0.3) is 0 Å². The molecular weight excluding hydrogens is 250 g/mol. The van der Waals surface area contributed by atoms with E-state index in [0.29, 0.717) is 6.04 Å². The zero-order chi connectivity index (χ0) is 13.9. The average molecular weight is 271 g/mol. The molecule has 20 heavy (non-hydrogen) atoms. The molecule has 1 fully saturated rings. The topological polar surface area (TPSA) is 42.2 Å². The van der Waals surface area contributed by atoms with Crippen molar-refractivity contribution in [3.05, 3.63) is 47.1 Å². The molecule has 0 aromatic carbocycles. The van der Waals surface area contributed by atoms with Crippen LogP contribution in [0.4, 0.5) is 0 Å². The van der Waals surface area contributed by atoms with E-state index in [9.17, 15) is 0 Å². The molecule has 3 heterocycles. The molecule has 1 atom stereocenters. The number of aryl methyl sites for hydroxylation is 2. The number of pyridine rings is 1. The summed E-state index contributed by atoms with van der Waals surface area (Å²) >= 11 is 0. The van der Waals surface area contributed by atoms with Crippen molar-refractivity contribution in [3.8, 4) is 0 Å². The first-order chi connectivity index (χ1) is 9.74. The van der Waals surface area contributed by atoms with Crippen molar-refractivity contribution in [1.82, 2.24) is 15.0 Å². The predicted octanol–water partition coefficient (Wildman–Crippen LogP) is 3.41. The monoisotopic (exact) mass is 271 g/mol. The summed E-state index contributed by atoms with van der Waals surface area (Å²) in [5.41, 5.74) is 3.69. The Balaban J connectivity index is 1.81. The van der Waals surface area contributed by atoms with Crippen LogP contribution in [0.1, 0.15) is 47.9 Å². The van der Waals surface area contributed by atoms with E-state index in [1.165, 1.54) is 24.0 Å². The molecule has 0 bridgehead atoms. The van der Waals surface area contributed by atoms with Crippen LogP contribution in [-0.4, -0.2) is 21.6 Å². The summed E-state index contributed by atoms with van der Waals surface area (Å²) in [6.45, 7) is 6.17. The fourth-order valence-corrected chi connectivity index (χ4v) is 2.96. The van der Waals surface area contributed by atoms with Gasteiger partial charge in [0.15, 0.2) is 0 Å². The van der Waals surface area contributed by atoms with Gasteiger partial charge in [0.05, 0.1) is 6.04 Å². The third-order valence-corrected chi connectivity index (χ3v) is 4.11. The van der Waals surface area contributed by atoms with Crippen LogP contribution in [0.5, 0.6) is 0 Å². The fraction of sp³-hybridized carbons (Fsp3) is 0.500. The summed E-state index contributed by atoms with van der Waals surface area (Å²) in [6, 6.07) is 4.58. The first-order valence-corrected chi connectivity index (χ1v) is 7.31. The van der Waals surface area contributed by atoms with Gasteiger partial charge in [-0.2, -0.15) is 0 Å². The summed E-state index contributed by atoms with van der Waals surface area (Å²) in [6.07, 6.45) is 7.51. The van der Waals surface area contributed by atoms with E-state index in [0.717, 1.165) is 31.0 Å². The van der Waals surface area contributed by atoms with Crippen LogP contribution >= 0.6 is 0 Å². The van der Waals surface area contributed by atoms with Crippen molar-refractivity contribution in [2.45, 2.75) is 45.7 Å². The molecule has 3 rings (SSSR count). The minimum Gasteiger partial charge on any atom is -0.361 e. The number of piperidine rings is 1. The second kappa shape index (κ2) is 5.75. The Kier molecular flexibility index (Phi) is 3.83. The Hall–Kier alpha value is -1.68. The first kappa shape index (κ1) is 13.3. The maximum atomic E-state index is 5.25. The maximum Gasteiger partial charge on any atom is 0.133 e. The van der Waals surface area contributed by atoms with E-state index < -0.39 is 0 Å². The molecule has 0 N–H and O–H groups in total. The van der Waals surface area contributed by atoms with E-state index in [-0.39, 0.29) is 0 Å². The molecular formula is C16H21N3O. The van der Waals surface area contributed by atoms with Gasteiger partial charge in [-0.1, -0.05) is 11.6 Å². The smallest absolute Gasteiger partial charge is 0.133 e. The minimum absolute atomic E-state index is 0.383. The van der Waals surface area contributed by atoms with Crippen LogP contribution in [0.3, 0.4) is 0 Å². The molecule has 0 radical (unpaired) electrons. The lowest BCUT2D eigenvalue weighted by Crippen LogP contribution is -2.33. The van der Waals surface area contributed by atoms with Crippen molar-refractivity contribution in [2.24, 2.45) is 0 Å². The van der Waals surface area contributed by atoms with Gasteiger partial charge in [0.25, 0.3) is 0 Å². The number of hydrogen-bond acceptors (Lipinski definition) is 4. The molecule has 0 spiro atoms. The third kappa shape index (κ3) is 2.75. The number of nitrogens with zero attached hydrogens (tertiary/aromatic N) is 3. The molecule has 2 aromatic heterocycles. The Morgan fingerprint density at radius 2 is 2.25 bits per heavy atom. The van der Waals surface area contributed by atoms with Crippen molar-refractivity contribution in [3.63, 3.8) is 0 Å². The lowest BCUT2D eigenvalue weighted by atomic mass is 9.98. The van der Waals surface area contributed by atoms with E-state index in [1.807, 2.05) is 19.3 Å². The molecule has 4 nitrogen and oxygen atoms in total. The van der Waals surface area contributed by atoms with Crippen molar-refractivity contribution in [2.75, 3.05) is 6.54 Å². The summed E-state index contributed by atoms with van der Waals surface area (Å²) < 4.78 is 5.25. The number of likely N-dealkylation sites (tertiary alicyclic amines) is 1. The first-order valence-electron chi connectivity index (χ1n) is 7.31. The summed E-state index contributed by atoms with van der Waals surface area (Å²) in [5.74, 6) is 0.894. The highest BCUT2D eigenvalue weighted by Gasteiger charge is 2.26. The Labute approximate surface area is 119 Å². The van der Waals surface area contributed by atoms with Crippen molar-refractivity contribution >= 4 is 0 Å². The second-order valence-corrected chi connectivity index (χ2v) is 5.65. The quantitative estimate of drug-likeness (QED) is 0.858. The van der Waals surface area contributed by atoms with Crippen LogP contribution in [-0.2, 0) is 6.54 Å². The molecule has 1 aliphatic heterocycles. The normalized spacial score (nSPS) is 20.2. The highest BCUT2D eigenvalue weighted by Crippen LogP contribution is 2.32. The molecule has 0 saturated carbocycles. The molecule has 0 amide bonds. The third-order valence-electron chi connectivity index (χ3n) is 4.11. The van der Waals surface area contributed by atoms with Gasteiger partial charge < -0.3 is 4.52 Å². The van der Waals surface area contributed by atoms with Gasteiger partial charge in [-0.25, -0.2) is 0 Å². The number of aromatic nitrogens is 2. The Morgan fingerprint density at radius 1 is 1.35 bits per heavy atom. The van der Waals surface area contributed by atoms with E-state index >= 15 is 0 Å². The minimum atomic E-state index is 0.383. The molecule has 1 aliphatic rings. The lowest BCUT2D eigenvalue weighted by Gasteiger charge is -2.34. The van der Waals surface area contributed by atoms with Gasteiger partial charge in [0.2, 0.25) is 0 Å². The zero-order valence-electron chi connectivity index (χ0n) is 12.2. The van der Waals surface area contributed by atoms with E-state index in [4.69, 9.17) is 4.52 Å². The highest BCUT2D eigenvalue weighted by molar-refractivity contribution is 5.22. The van der Waals surface area contributed by atoms with Crippen LogP contribution < -0.4 is 0 Å². The molecule has 4 heteroatoms. The summed E-state index contributed by atoms with van der Waals surface area (Å²) in [5, 5.41) is 4.22. The van der Waals surface area contributed by atoms with Gasteiger partial charge >= 0.3 is 0 Å². The Morgan fingerprint density at radius 3 is 3.00 bits per heavy atom. The van der Waals surface area contributed by atoms with Gasteiger partial charge in [0, 0.05) is 25.0 Å². The summed E-state index contributed by atoms with van der Waals surface area (Å²) in [7, 11) is 0. The van der Waals surface area contributed by atoms with Crippen molar-refractivity contribution < 1.29 is 4.52 Å². The standard InChI is InChI=1S/C16H21N3O/c1-12-10-17-7-6-14(12)11-19-8-4-3-5-16(19)15-9-13(2)20-18-15/h6-7,9-10,16H,3-5,8,11H2,1-2H3/t16-/m1/s1. The number of hydrogen-bond donors (Lipinski definition) is 0. The summed E-state index contributed by atoms with van der Waals surface area (Å²) in [4.78, 5) is 6.69. The average Bonchev–Trinajstić information content (AvgIpc) is 2.88. The largest absolute Gasteiger partial charge is 0.361 e. The van der Waals surface area contributed by atoms with E-state index in [2.05, 4.69) is 34.1 Å². The SMILES string of the molecule is Cc1cc([C@H]2CCCCN2Cc2ccncc2C)no1. The molecule has 1 saturated heterocycles. The van der Waals surface area contributed by atoms with Gasteiger partial charge in [-0.15, -0.1) is 0 Å². The second-order valence-electron chi connectivity index (χ2n) is 5.65. The molecule has 106 valence electrons.